The Kier molecular flexibility index (Phi) is 2.52. The number of nitrogens with one attached hydrogen (secondary N) is 1. The summed E-state index contributed by atoms with van der Waals surface area (Å²) in [5, 5.41) is 9.20. The first-order chi connectivity index (χ1) is 8.36. The molecule has 1 N–H and O–H groups in total. The third-order valence-electron chi connectivity index (χ3n) is 3.28. The predicted octanol–water partition coefficient (Wildman–Crippen LogP) is 3.20. The second-order valence-corrected chi connectivity index (χ2v) is 4.40. The maximum Gasteiger partial charge on any atom is 0.100 e. The summed E-state index contributed by atoms with van der Waals surface area (Å²) >= 11 is 0. The van der Waals surface area contributed by atoms with Crippen LogP contribution in [-0.4, -0.2) is 17.4 Å². The van der Waals surface area contributed by atoms with Crippen molar-refractivity contribution in [2.24, 2.45) is 0 Å². The highest BCUT2D eigenvalue weighted by atomic mass is 15.2. The van der Waals surface area contributed by atoms with Gasteiger partial charge in [0.05, 0.1) is 11.2 Å². The third-order valence-corrected chi connectivity index (χ3v) is 3.28. The van der Waals surface area contributed by atoms with Crippen molar-refractivity contribution in [3.05, 3.63) is 36.5 Å². The van der Waals surface area contributed by atoms with Gasteiger partial charge in [-0.2, -0.15) is 0 Å². The Morgan fingerprint density at radius 1 is 1.12 bits per heavy atom. The van der Waals surface area contributed by atoms with E-state index >= 15 is 0 Å². The van der Waals surface area contributed by atoms with Crippen LogP contribution < -0.4 is 4.90 Å². The molecule has 3 rings (SSSR count). The molecule has 1 fully saturated rings. The molecule has 0 amide bonds. The van der Waals surface area contributed by atoms with Gasteiger partial charge in [0.15, 0.2) is 0 Å². The SMILES string of the molecule is N=C1CCCCN1c1cccc2ncccc12. The number of aromatic nitrogens is 1. The Hall–Kier alpha value is -1.90. The average molecular weight is 225 g/mol. The Morgan fingerprint density at radius 2 is 2.06 bits per heavy atom. The van der Waals surface area contributed by atoms with Gasteiger partial charge in [0.25, 0.3) is 0 Å². The summed E-state index contributed by atoms with van der Waals surface area (Å²) in [6.07, 6.45) is 5.00. The minimum absolute atomic E-state index is 0.729. The molecular formula is C14H15N3. The highest BCUT2D eigenvalue weighted by molar-refractivity contribution is 6.04. The first-order valence-corrected chi connectivity index (χ1v) is 6.05. The van der Waals surface area contributed by atoms with Gasteiger partial charge in [-0.25, -0.2) is 0 Å². The summed E-state index contributed by atoms with van der Waals surface area (Å²) in [5.74, 6) is 0.729. The molecule has 0 atom stereocenters. The van der Waals surface area contributed by atoms with E-state index < -0.39 is 0 Å². The second kappa shape index (κ2) is 4.17. The molecule has 0 unspecified atom stereocenters. The van der Waals surface area contributed by atoms with Crippen molar-refractivity contribution in [2.45, 2.75) is 19.3 Å². The van der Waals surface area contributed by atoms with Crippen molar-refractivity contribution < 1.29 is 0 Å². The monoisotopic (exact) mass is 225 g/mol. The lowest BCUT2D eigenvalue weighted by atomic mass is 10.1. The number of rotatable bonds is 1. The Morgan fingerprint density at radius 3 is 2.94 bits per heavy atom. The Balaban J connectivity index is 2.13. The molecule has 2 heterocycles. The molecule has 86 valence electrons. The van der Waals surface area contributed by atoms with E-state index in [2.05, 4.69) is 22.0 Å². The maximum atomic E-state index is 8.06. The number of nitrogens with zero attached hydrogens (tertiary/aromatic N) is 2. The Bertz CT molecular complexity index is 557. The average Bonchev–Trinajstić information content (AvgIpc) is 2.39. The maximum absolute atomic E-state index is 8.06. The zero-order chi connectivity index (χ0) is 11.7. The van der Waals surface area contributed by atoms with Crippen LogP contribution in [0.5, 0.6) is 0 Å². The number of amidine groups is 1. The first-order valence-electron chi connectivity index (χ1n) is 6.05. The predicted molar refractivity (Wildman–Crippen MR) is 70.7 cm³/mol. The smallest absolute Gasteiger partial charge is 0.100 e. The van der Waals surface area contributed by atoms with Gasteiger partial charge in [-0.15, -0.1) is 0 Å². The summed E-state index contributed by atoms with van der Waals surface area (Å²) in [4.78, 5) is 6.48. The van der Waals surface area contributed by atoms with E-state index in [4.69, 9.17) is 5.41 Å². The van der Waals surface area contributed by atoms with E-state index in [9.17, 15) is 0 Å². The molecule has 0 radical (unpaired) electrons. The van der Waals surface area contributed by atoms with Gasteiger partial charge in [0, 0.05) is 24.5 Å². The van der Waals surface area contributed by atoms with Crippen LogP contribution in [0.3, 0.4) is 0 Å². The van der Waals surface area contributed by atoms with E-state index in [0.717, 1.165) is 41.8 Å². The summed E-state index contributed by atoms with van der Waals surface area (Å²) in [5.41, 5.74) is 2.13. The van der Waals surface area contributed by atoms with Crippen molar-refractivity contribution in [2.75, 3.05) is 11.4 Å². The standard InChI is InChI=1S/C14H15N3/c15-14-8-1-2-10-17(14)13-7-3-6-12-11(13)5-4-9-16-12/h3-7,9,15H,1-2,8,10H2. The molecule has 2 aromatic rings. The van der Waals surface area contributed by atoms with Crippen LogP contribution >= 0.6 is 0 Å². The van der Waals surface area contributed by atoms with Crippen molar-refractivity contribution >= 4 is 22.4 Å². The van der Waals surface area contributed by atoms with E-state index in [1.165, 1.54) is 6.42 Å². The van der Waals surface area contributed by atoms with E-state index in [-0.39, 0.29) is 0 Å². The zero-order valence-electron chi connectivity index (χ0n) is 9.69. The first kappa shape index (κ1) is 10.3. The molecule has 1 aromatic heterocycles. The van der Waals surface area contributed by atoms with Gasteiger partial charge < -0.3 is 4.90 Å². The highest BCUT2D eigenvalue weighted by Gasteiger charge is 2.18. The van der Waals surface area contributed by atoms with E-state index in [1.54, 1.807) is 0 Å². The fourth-order valence-electron chi connectivity index (χ4n) is 2.42. The van der Waals surface area contributed by atoms with Crippen LogP contribution in [0, 0.1) is 5.41 Å². The lowest BCUT2D eigenvalue weighted by molar-refractivity contribution is 0.708. The second-order valence-electron chi connectivity index (χ2n) is 4.40. The number of pyridine rings is 1. The molecule has 0 aliphatic carbocycles. The minimum atomic E-state index is 0.729. The largest absolute Gasteiger partial charge is 0.330 e. The number of fused-ring (bicyclic) bond motifs is 1. The van der Waals surface area contributed by atoms with Gasteiger partial charge in [0.2, 0.25) is 0 Å². The molecule has 3 nitrogen and oxygen atoms in total. The van der Waals surface area contributed by atoms with Crippen molar-refractivity contribution in [1.29, 1.82) is 5.41 Å². The van der Waals surface area contributed by atoms with Crippen molar-refractivity contribution in [3.63, 3.8) is 0 Å². The molecule has 0 spiro atoms. The van der Waals surface area contributed by atoms with E-state index in [0.29, 0.717) is 0 Å². The van der Waals surface area contributed by atoms with Gasteiger partial charge in [-0.05, 0) is 37.1 Å². The molecule has 1 aliphatic heterocycles. The molecule has 0 saturated carbocycles. The quantitative estimate of drug-likeness (QED) is 0.809. The minimum Gasteiger partial charge on any atom is -0.330 e. The zero-order valence-corrected chi connectivity index (χ0v) is 9.69. The van der Waals surface area contributed by atoms with Crippen LogP contribution in [0.25, 0.3) is 10.9 Å². The fraction of sp³-hybridized carbons (Fsp3) is 0.286. The van der Waals surface area contributed by atoms with Crippen LogP contribution in [0.15, 0.2) is 36.5 Å². The van der Waals surface area contributed by atoms with Crippen molar-refractivity contribution in [3.8, 4) is 0 Å². The molecule has 1 aromatic carbocycles. The lowest BCUT2D eigenvalue weighted by Gasteiger charge is -2.30. The summed E-state index contributed by atoms with van der Waals surface area (Å²) in [6, 6.07) is 10.2. The number of piperidine rings is 1. The molecular weight excluding hydrogens is 210 g/mol. The number of anilines is 1. The van der Waals surface area contributed by atoms with Gasteiger partial charge >= 0.3 is 0 Å². The van der Waals surface area contributed by atoms with Gasteiger partial charge in [-0.3, -0.25) is 10.4 Å². The van der Waals surface area contributed by atoms with Crippen LogP contribution in [0.2, 0.25) is 0 Å². The van der Waals surface area contributed by atoms with Gasteiger partial charge in [-0.1, -0.05) is 6.07 Å². The summed E-state index contributed by atoms with van der Waals surface area (Å²) in [7, 11) is 0. The topological polar surface area (TPSA) is 40.0 Å². The summed E-state index contributed by atoms with van der Waals surface area (Å²) < 4.78 is 0. The number of hydrogen-bond donors (Lipinski definition) is 1. The number of hydrogen-bond acceptors (Lipinski definition) is 2. The van der Waals surface area contributed by atoms with Crippen LogP contribution in [0.4, 0.5) is 5.69 Å². The lowest BCUT2D eigenvalue weighted by Crippen LogP contribution is -2.34. The normalized spacial score (nSPS) is 16.5. The van der Waals surface area contributed by atoms with E-state index in [1.807, 2.05) is 24.4 Å². The molecule has 1 saturated heterocycles. The van der Waals surface area contributed by atoms with Crippen molar-refractivity contribution in [1.82, 2.24) is 4.98 Å². The Labute approximate surface area is 101 Å². The van der Waals surface area contributed by atoms with Crippen LogP contribution in [0.1, 0.15) is 19.3 Å². The molecule has 17 heavy (non-hydrogen) atoms. The third kappa shape index (κ3) is 1.78. The van der Waals surface area contributed by atoms with Crippen LogP contribution in [-0.2, 0) is 0 Å². The summed E-state index contributed by atoms with van der Waals surface area (Å²) in [6.45, 7) is 0.951. The molecule has 3 heteroatoms. The van der Waals surface area contributed by atoms with Gasteiger partial charge in [0.1, 0.15) is 5.84 Å². The number of benzene rings is 1. The highest BCUT2D eigenvalue weighted by Crippen LogP contribution is 2.28. The fourth-order valence-corrected chi connectivity index (χ4v) is 2.42. The molecule has 0 bridgehead atoms. The molecule has 1 aliphatic rings.